The Balaban J connectivity index is 2.14. The minimum atomic E-state index is -3.29. The van der Waals surface area contributed by atoms with E-state index in [0.29, 0.717) is 30.4 Å². The van der Waals surface area contributed by atoms with Crippen molar-refractivity contribution in [3.63, 3.8) is 0 Å². The number of anilines is 1. The van der Waals surface area contributed by atoms with Crippen LogP contribution in [0.2, 0.25) is 0 Å². The zero-order chi connectivity index (χ0) is 28.5. The maximum atomic E-state index is 13.3. The van der Waals surface area contributed by atoms with Crippen molar-refractivity contribution < 1.29 is 25.6 Å². The van der Waals surface area contributed by atoms with Gasteiger partial charge in [-0.1, -0.05) is 24.3 Å². The van der Waals surface area contributed by atoms with Gasteiger partial charge < -0.3 is 20.7 Å². The molecule has 0 heterocycles. The maximum Gasteiger partial charge on any atom is 0.328 e. The monoisotopic (exact) mass is 502 g/mol. The summed E-state index contributed by atoms with van der Waals surface area (Å²) >= 11 is 11.7. The lowest BCUT2D eigenvalue weighted by Crippen LogP contribution is -2.50. The van der Waals surface area contributed by atoms with E-state index in [9.17, 15) is 14.0 Å². The lowest BCUT2D eigenvalue weighted by Gasteiger charge is -2.23. The summed E-state index contributed by atoms with van der Waals surface area (Å²) < 4.78 is 54.8. The topological polar surface area (TPSA) is 84.7 Å². The molecule has 0 saturated carbocycles. The van der Waals surface area contributed by atoms with E-state index in [4.69, 9.17) is 35.8 Å². The second-order valence-corrected chi connectivity index (χ2v) is 8.01. The molecule has 0 unspecified atom stereocenters. The fraction of sp³-hybridized carbons (Fsp3) is 0.417. The molecule has 6 nitrogen and oxygen atoms in total. The van der Waals surface area contributed by atoms with Crippen LogP contribution in [0.25, 0.3) is 0 Å². The van der Waals surface area contributed by atoms with Crippen LogP contribution in [0.5, 0.6) is 0 Å². The number of amides is 1. The Morgan fingerprint density at radius 1 is 1.09 bits per heavy atom. The lowest BCUT2D eigenvalue weighted by molar-refractivity contribution is -0.147. The molecule has 0 bridgehead atoms. The first-order valence-electron chi connectivity index (χ1n) is 12.8. The lowest BCUT2D eigenvalue weighted by atomic mass is 10.0. The summed E-state index contributed by atoms with van der Waals surface area (Å²) in [6, 6.07) is 9.79. The third-order valence-corrected chi connectivity index (χ3v) is 5.25. The SMILES string of the molecule is [2H]C([2H])([2H])C([2H])([2H])OC(=O)[C@H](Cc1ccc(F)cc1)NC(=O)[C@@H](N)Cc1ccc(N(CCCl)CCCl)cc1. The molecule has 0 aromatic heterocycles. The highest BCUT2D eigenvalue weighted by Crippen LogP contribution is 2.16. The average molecular weight is 503 g/mol. The fourth-order valence-corrected chi connectivity index (χ4v) is 3.62. The second-order valence-electron chi connectivity index (χ2n) is 7.26. The van der Waals surface area contributed by atoms with E-state index in [-0.39, 0.29) is 12.8 Å². The normalized spacial score (nSPS) is 15.7. The highest BCUT2D eigenvalue weighted by atomic mass is 35.5. The number of hydrogen-bond donors (Lipinski definition) is 2. The number of nitrogens with one attached hydrogen (secondary N) is 1. The number of benzene rings is 2. The molecule has 0 aliphatic heterocycles. The Hall–Kier alpha value is -2.35. The van der Waals surface area contributed by atoms with Gasteiger partial charge in [0.1, 0.15) is 11.9 Å². The van der Waals surface area contributed by atoms with Gasteiger partial charge in [-0.05, 0) is 48.7 Å². The number of alkyl halides is 2. The molecule has 0 spiro atoms. The van der Waals surface area contributed by atoms with E-state index >= 15 is 0 Å². The molecule has 0 fully saturated rings. The van der Waals surface area contributed by atoms with E-state index in [1.165, 1.54) is 12.1 Å². The van der Waals surface area contributed by atoms with E-state index in [2.05, 4.69) is 10.1 Å². The number of halogens is 3. The summed E-state index contributed by atoms with van der Waals surface area (Å²) in [4.78, 5) is 27.6. The van der Waals surface area contributed by atoms with Crippen LogP contribution in [0.4, 0.5) is 10.1 Å². The van der Waals surface area contributed by atoms with Crippen molar-refractivity contribution in [3.8, 4) is 0 Å². The molecule has 0 radical (unpaired) electrons. The zero-order valence-electron chi connectivity index (χ0n) is 22.9. The van der Waals surface area contributed by atoms with Crippen LogP contribution in [-0.4, -0.2) is 55.4 Å². The third kappa shape index (κ3) is 8.84. The molecular formula is C24H30Cl2FN3O3. The van der Waals surface area contributed by atoms with Gasteiger partial charge in [0.25, 0.3) is 0 Å². The van der Waals surface area contributed by atoms with E-state index in [1.807, 2.05) is 17.0 Å². The van der Waals surface area contributed by atoms with E-state index < -0.39 is 43.2 Å². The largest absolute Gasteiger partial charge is 0.464 e. The summed E-state index contributed by atoms with van der Waals surface area (Å²) in [5, 5.41) is 2.42. The van der Waals surface area contributed by atoms with Crippen LogP contribution in [0.15, 0.2) is 48.5 Å². The van der Waals surface area contributed by atoms with Crippen molar-refractivity contribution in [1.29, 1.82) is 0 Å². The molecule has 33 heavy (non-hydrogen) atoms. The predicted octanol–water partition coefficient (Wildman–Crippen LogP) is 3.27. The Labute approximate surface area is 211 Å². The Bertz CT molecular complexity index is 1050. The van der Waals surface area contributed by atoms with Crippen molar-refractivity contribution in [2.24, 2.45) is 5.73 Å². The van der Waals surface area contributed by atoms with Gasteiger partial charge in [0.15, 0.2) is 0 Å². The molecule has 2 atom stereocenters. The predicted molar refractivity (Wildman–Crippen MR) is 130 cm³/mol. The zero-order valence-corrected chi connectivity index (χ0v) is 19.4. The van der Waals surface area contributed by atoms with Gasteiger partial charge in [0.05, 0.1) is 15.3 Å². The van der Waals surface area contributed by atoms with Gasteiger partial charge in [-0.15, -0.1) is 23.2 Å². The molecule has 2 aromatic carbocycles. The third-order valence-electron chi connectivity index (χ3n) is 4.91. The van der Waals surface area contributed by atoms with Crippen LogP contribution < -0.4 is 16.0 Å². The quantitative estimate of drug-likeness (QED) is 0.324. The number of nitrogens with zero attached hydrogens (tertiary/aromatic N) is 1. The Morgan fingerprint density at radius 2 is 1.67 bits per heavy atom. The van der Waals surface area contributed by atoms with Crippen LogP contribution >= 0.6 is 23.2 Å². The summed E-state index contributed by atoms with van der Waals surface area (Å²) in [7, 11) is 0. The first kappa shape index (κ1) is 20.1. The first-order chi connectivity index (χ1) is 17.8. The summed E-state index contributed by atoms with van der Waals surface area (Å²) in [6.45, 7) is -5.32. The highest BCUT2D eigenvalue weighted by molar-refractivity contribution is 6.18. The minimum Gasteiger partial charge on any atom is -0.464 e. The number of nitrogens with two attached hydrogens (primary N) is 1. The number of rotatable bonds is 13. The van der Waals surface area contributed by atoms with Crippen molar-refractivity contribution in [3.05, 3.63) is 65.5 Å². The first-order valence-corrected chi connectivity index (χ1v) is 11.3. The molecule has 3 N–H and O–H groups in total. The van der Waals surface area contributed by atoms with Crippen molar-refractivity contribution in [1.82, 2.24) is 5.32 Å². The smallest absolute Gasteiger partial charge is 0.328 e. The second kappa shape index (κ2) is 14.0. The molecule has 0 saturated heterocycles. The van der Waals surface area contributed by atoms with Gasteiger partial charge in [-0.2, -0.15) is 0 Å². The van der Waals surface area contributed by atoms with E-state index in [0.717, 1.165) is 23.4 Å². The van der Waals surface area contributed by atoms with Crippen molar-refractivity contribution >= 4 is 40.8 Å². The maximum absolute atomic E-state index is 13.3. The number of esters is 1. The van der Waals surface area contributed by atoms with Crippen LogP contribution in [0.1, 0.15) is 24.8 Å². The molecule has 0 aliphatic carbocycles. The molecule has 2 aromatic rings. The Kier molecular flexibility index (Phi) is 8.53. The minimum absolute atomic E-state index is 0.117. The van der Waals surface area contributed by atoms with Gasteiger partial charge in [0, 0.05) is 41.1 Å². The number of hydrogen-bond acceptors (Lipinski definition) is 5. The molecule has 0 aliphatic rings. The standard InChI is InChI=1S/C24H30Cl2FN3O3/c1-2-33-24(32)22(16-18-3-7-19(27)8-4-18)29-23(31)21(28)15-17-5-9-20(10-6-17)30(13-11-25)14-12-26/h3-10,21-22H,2,11-16,28H2,1H3,(H,29,31)/t21-,22-/m0/s1/i1D3,2D2. The number of carbonyl (C=O) groups excluding carboxylic acids is 2. The van der Waals surface area contributed by atoms with Gasteiger partial charge >= 0.3 is 5.97 Å². The van der Waals surface area contributed by atoms with Crippen molar-refractivity contribution in [2.45, 2.75) is 31.8 Å². The van der Waals surface area contributed by atoms with Crippen LogP contribution in [0, 0.1) is 5.82 Å². The summed E-state index contributed by atoms with van der Waals surface area (Å²) in [6.07, 6.45) is -0.0914. The van der Waals surface area contributed by atoms with Gasteiger partial charge in [-0.25, -0.2) is 9.18 Å². The molecule has 1 amide bonds. The van der Waals surface area contributed by atoms with Gasteiger partial charge in [-0.3, -0.25) is 4.79 Å². The van der Waals surface area contributed by atoms with Crippen LogP contribution in [0.3, 0.4) is 0 Å². The molecular weight excluding hydrogens is 468 g/mol. The van der Waals surface area contributed by atoms with E-state index in [1.54, 1.807) is 12.1 Å². The molecule has 180 valence electrons. The molecule has 9 heteroatoms. The number of carbonyl (C=O) groups is 2. The average Bonchev–Trinajstić information content (AvgIpc) is 2.84. The van der Waals surface area contributed by atoms with Crippen molar-refractivity contribution in [2.75, 3.05) is 36.3 Å². The Morgan fingerprint density at radius 3 is 2.24 bits per heavy atom. The molecule has 2 rings (SSSR count). The summed E-state index contributed by atoms with van der Waals surface area (Å²) in [5.74, 6) is -1.70. The fourth-order valence-electron chi connectivity index (χ4n) is 3.21. The summed E-state index contributed by atoms with van der Waals surface area (Å²) in [5.41, 5.74) is 8.14. The van der Waals surface area contributed by atoms with Crippen LogP contribution in [-0.2, 0) is 27.2 Å². The number of ether oxygens (including phenoxy) is 1. The van der Waals surface area contributed by atoms with Gasteiger partial charge in [0.2, 0.25) is 5.91 Å². The highest BCUT2D eigenvalue weighted by Gasteiger charge is 2.25.